The van der Waals surface area contributed by atoms with Crippen LogP contribution in [0.15, 0.2) is 47.1 Å². The summed E-state index contributed by atoms with van der Waals surface area (Å²) in [5, 5.41) is 5.89. The third kappa shape index (κ3) is 5.24. The molecule has 1 aromatic carbocycles. The summed E-state index contributed by atoms with van der Waals surface area (Å²) < 4.78 is 6.37. The average Bonchev–Trinajstić information content (AvgIpc) is 2.41. The fourth-order valence-electron chi connectivity index (χ4n) is 1.56. The van der Waals surface area contributed by atoms with Gasteiger partial charge in [-0.15, -0.1) is 0 Å². The van der Waals surface area contributed by atoms with E-state index in [1.54, 1.807) is 49.5 Å². The zero-order valence-electron chi connectivity index (χ0n) is 11.1. The lowest BCUT2D eigenvalue weighted by Crippen LogP contribution is -2.39. The van der Waals surface area contributed by atoms with E-state index in [4.69, 9.17) is 16.3 Å². The van der Waals surface area contributed by atoms with Crippen molar-refractivity contribution in [2.24, 2.45) is 0 Å². The molecule has 0 fully saturated rings. The standard InChI is InChI=1S/C14H13BrClN3O2/c1-9(21-12-4-2-11(16)3-5-12)18-14(20)19-13-8-10(15)6-7-17-13/h2-9H,1H3,(H2,17,18,19,20). The number of urea groups is 1. The largest absolute Gasteiger partial charge is 0.471 e. The number of aromatic nitrogens is 1. The van der Waals surface area contributed by atoms with Gasteiger partial charge in [-0.05, 0) is 43.3 Å². The van der Waals surface area contributed by atoms with E-state index in [9.17, 15) is 4.79 Å². The summed E-state index contributed by atoms with van der Waals surface area (Å²) in [5.74, 6) is 1.06. The molecule has 0 radical (unpaired) electrons. The first kappa shape index (κ1) is 15.6. The maximum atomic E-state index is 11.8. The van der Waals surface area contributed by atoms with Crippen LogP contribution in [0, 0.1) is 0 Å². The van der Waals surface area contributed by atoms with Gasteiger partial charge in [0.2, 0.25) is 0 Å². The van der Waals surface area contributed by atoms with Crippen LogP contribution >= 0.6 is 27.5 Å². The molecule has 5 nitrogen and oxygen atoms in total. The first-order valence-electron chi connectivity index (χ1n) is 6.14. The van der Waals surface area contributed by atoms with Crippen LogP contribution < -0.4 is 15.4 Å². The Hall–Kier alpha value is -1.79. The van der Waals surface area contributed by atoms with Gasteiger partial charge in [0.05, 0.1) is 0 Å². The summed E-state index contributed by atoms with van der Waals surface area (Å²) in [6, 6.07) is 9.97. The number of hydrogen-bond donors (Lipinski definition) is 2. The normalized spacial score (nSPS) is 11.6. The third-order valence-electron chi connectivity index (χ3n) is 2.42. The van der Waals surface area contributed by atoms with Crippen LogP contribution in [-0.4, -0.2) is 17.2 Å². The van der Waals surface area contributed by atoms with Crippen LogP contribution in [0.4, 0.5) is 10.6 Å². The monoisotopic (exact) mass is 369 g/mol. The second-order valence-corrected chi connectivity index (χ2v) is 5.52. The number of amides is 2. The number of pyridine rings is 1. The number of benzene rings is 1. The first-order valence-corrected chi connectivity index (χ1v) is 7.31. The molecule has 0 aliphatic rings. The molecule has 0 bridgehead atoms. The number of carbonyl (C=O) groups excluding carboxylic acids is 1. The Kier molecular flexibility index (Phi) is 5.41. The SMILES string of the molecule is CC(NC(=O)Nc1cc(Br)ccn1)Oc1ccc(Cl)cc1. The zero-order valence-corrected chi connectivity index (χ0v) is 13.5. The van der Waals surface area contributed by atoms with Crippen LogP contribution in [0.3, 0.4) is 0 Å². The highest BCUT2D eigenvalue weighted by Gasteiger charge is 2.09. The van der Waals surface area contributed by atoms with Crippen molar-refractivity contribution in [3.63, 3.8) is 0 Å². The molecule has 1 aromatic heterocycles. The van der Waals surface area contributed by atoms with Gasteiger partial charge in [-0.3, -0.25) is 5.32 Å². The number of halogens is 2. The summed E-state index contributed by atoms with van der Waals surface area (Å²) in [5.41, 5.74) is 0. The van der Waals surface area contributed by atoms with E-state index in [1.165, 1.54) is 0 Å². The van der Waals surface area contributed by atoms with Crippen molar-refractivity contribution >= 4 is 39.4 Å². The predicted molar refractivity (Wildman–Crippen MR) is 85.6 cm³/mol. The van der Waals surface area contributed by atoms with Gasteiger partial charge in [0.15, 0.2) is 6.23 Å². The van der Waals surface area contributed by atoms with Crippen molar-refractivity contribution in [3.8, 4) is 5.75 Å². The Bertz CT molecular complexity index is 622. The van der Waals surface area contributed by atoms with Crippen molar-refractivity contribution in [1.29, 1.82) is 0 Å². The van der Waals surface area contributed by atoms with E-state index in [0.717, 1.165) is 4.47 Å². The molecule has 1 heterocycles. The molecule has 1 unspecified atom stereocenters. The summed E-state index contributed by atoms with van der Waals surface area (Å²) in [6.07, 6.45) is 1.09. The minimum atomic E-state index is -0.502. The predicted octanol–water partition coefficient (Wildman–Crippen LogP) is 4.04. The average molecular weight is 371 g/mol. The molecule has 21 heavy (non-hydrogen) atoms. The van der Waals surface area contributed by atoms with Gasteiger partial charge in [0.25, 0.3) is 0 Å². The molecule has 2 N–H and O–H groups in total. The molecule has 2 aromatic rings. The molecule has 2 rings (SSSR count). The van der Waals surface area contributed by atoms with Gasteiger partial charge < -0.3 is 10.1 Å². The maximum absolute atomic E-state index is 11.8. The fraction of sp³-hybridized carbons (Fsp3) is 0.143. The zero-order chi connectivity index (χ0) is 15.2. The van der Waals surface area contributed by atoms with Gasteiger partial charge >= 0.3 is 6.03 Å². The highest BCUT2D eigenvalue weighted by Crippen LogP contribution is 2.16. The minimum Gasteiger partial charge on any atom is -0.471 e. The number of carbonyl (C=O) groups is 1. The van der Waals surface area contributed by atoms with Crippen molar-refractivity contribution < 1.29 is 9.53 Å². The van der Waals surface area contributed by atoms with Gasteiger partial charge in [-0.25, -0.2) is 9.78 Å². The number of rotatable bonds is 4. The van der Waals surface area contributed by atoms with E-state index < -0.39 is 12.3 Å². The first-order chi connectivity index (χ1) is 10.0. The van der Waals surface area contributed by atoms with E-state index in [-0.39, 0.29) is 0 Å². The minimum absolute atomic E-state index is 0.401. The fourth-order valence-corrected chi connectivity index (χ4v) is 2.02. The van der Waals surface area contributed by atoms with Crippen LogP contribution in [0.2, 0.25) is 5.02 Å². The van der Waals surface area contributed by atoms with E-state index >= 15 is 0 Å². The smallest absolute Gasteiger partial charge is 0.323 e. The maximum Gasteiger partial charge on any atom is 0.323 e. The Balaban J connectivity index is 1.86. The van der Waals surface area contributed by atoms with E-state index in [0.29, 0.717) is 16.6 Å². The molecule has 7 heteroatoms. The highest BCUT2D eigenvalue weighted by atomic mass is 79.9. The molecule has 2 amide bonds. The lowest BCUT2D eigenvalue weighted by molar-refractivity contribution is 0.183. The van der Waals surface area contributed by atoms with Crippen LogP contribution in [0.5, 0.6) is 5.75 Å². The van der Waals surface area contributed by atoms with E-state index in [1.807, 2.05) is 0 Å². The molecular formula is C14H13BrClN3O2. The van der Waals surface area contributed by atoms with E-state index in [2.05, 4.69) is 31.5 Å². The number of nitrogens with one attached hydrogen (secondary N) is 2. The number of anilines is 1. The summed E-state index contributed by atoms with van der Waals surface area (Å²) >= 11 is 9.10. The molecule has 0 saturated heterocycles. The second-order valence-electron chi connectivity index (χ2n) is 4.17. The Morgan fingerprint density at radius 1 is 1.33 bits per heavy atom. The van der Waals surface area contributed by atoms with Gasteiger partial charge in [0, 0.05) is 15.7 Å². The molecule has 0 aliphatic heterocycles. The highest BCUT2D eigenvalue weighted by molar-refractivity contribution is 9.10. The van der Waals surface area contributed by atoms with Gasteiger partial charge in [0.1, 0.15) is 11.6 Å². The third-order valence-corrected chi connectivity index (χ3v) is 3.17. The Morgan fingerprint density at radius 2 is 2.05 bits per heavy atom. The van der Waals surface area contributed by atoms with Gasteiger partial charge in [-0.1, -0.05) is 27.5 Å². The summed E-state index contributed by atoms with van der Waals surface area (Å²) in [7, 11) is 0. The lowest BCUT2D eigenvalue weighted by Gasteiger charge is -2.16. The summed E-state index contributed by atoms with van der Waals surface area (Å²) in [4.78, 5) is 15.8. The summed E-state index contributed by atoms with van der Waals surface area (Å²) in [6.45, 7) is 1.72. The lowest BCUT2D eigenvalue weighted by atomic mass is 10.3. The Morgan fingerprint density at radius 3 is 2.71 bits per heavy atom. The number of nitrogens with zero attached hydrogens (tertiary/aromatic N) is 1. The van der Waals surface area contributed by atoms with Crippen molar-refractivity contribution in [1.82, 2.24) is 10.3 Å². The molecule has 1 atom stereocenters. The van der Waals surface area contributed by atoms with Crippen molar-refractivity contribution in [2.75, 3.05) is 5.32 Å². The number of hydrogen-bond acceptors (Lipinski definition) is 3. The topological polar surface area (TPSA) is 63.2 Å². The molecular weight excluding hydrogens is 358 g/mol. The quantitative estimate of drug-likeness (QED) is 0.798. The molecule has 110 valence electrons. The van der Waals surface area contributed by atoms with Crippen molar-refractivity contribution in [3.05, 3.63) is 52.1 Å². The Labute approximate surface area is 135 Å². The molecule has 0 spiro atoms. The second kappa shape index (κ2) is 7.28. The van der Waals surface area contributed by atoms with Crippen LogP contribution in [0.25, 0.3) is 0 Å². The molecule has 0 aliphatic carbocycles. The van der Waals surface area contributed by atoms with Gasteiger partial charge in [-0.2, -0.15) is 0 Å². The van der Waals surface area contributed by atoms with Crippen LogP contribution in [0.1, 0.15) is 6.92 Å². The van der Waals surface area contributed by atoms with Crippen molar-refractivity contribution in [2.45, 2.75) is 13.2 Å². The number of ether oxygens (including phenoxy) is 1. The van der Waals surface area contributed by atoms with Crippen LogP contribution in [-0.2, 0) is 0 Å². The molecule has 0 saturated carbocycles.